The van der Waals surface area contributed by atoms with Crippen LogP contribution in [0.25, 0.3) is 0 Å². The van der Waals surface area contributed by atoms with Crippen LogP contribution in [0.4, 0.5) is 10.2 Å². The average Bonchev–Trinajstić information content (AvgIpc) is 2.38. The number of carbonyl (C=O) groups excluding carboxylic acids is 1. The molecule has 1 heterocycles. The van der Waals surface area contributed by atoms with Crippen LogP contribution in [0.1, 0.15) is 20.8 Å². The third kappa shape index (κ3) is 2.89. The monoisotopic (exact) mass is 295 g/mol. The molecule has 1 aromatic carbocycles. The number of hydrogen-bond donors (Lipinski definition) is 2. The molecule has 0 radical (unpaired) electrons. The highest BCUT2D eigenvalue weighted by Gasteiger charge is 2.17. The fraction of sp³-hybridized carbons (Fsp3) is 0. The second-order valence-corrected chi connectivity index (χ2v) is 4.04. The number of benzene rings is 1. The summed E-state index contributed by atoms with van der Waals surface area (Å²) >= 11 is 5.74. The molecular formula is C12H7ClFN3O3. The molecule has 2 N–H and O–H groups in total. The van der Waals surface area contributed by atoms with Crippen LogP contribution in [-0.4, -0.2) is 27.0 Å². The Balaban J connectivity index is 2.30. The second-order valence-electron chi connectivity index (χ2n) is 3.64. The number of aromatic nitrogens is 2. The third-order valence-corrected chi connectivity index (χ3v) is 2.62. The zero-order valence-corrected chi connectivity index (χ0v) is 10.6. The van der Waals surface area contributed by atoms with Crippen molar-refractivity contribution in [2.45, 2.75) is 0 Å². The van der Waals surface area contributed by atoms with E-state index in [4.69, 9.17) is 16.7 Å². The van der Waals surface area contributed by atoms with Crippen LogP contribution >= 0.6 is 11.6 Å². The summed E-state index contributed by atoms with van der Waals surface area (Å²) in [6.45, 7) is 0. The quantitative estimate of drug-likeness (QED) is 0.906. The van der Waals surface area contributed by atoms with Crippen LogP contribution in [-0.2, 0) is 0 Å². The van der Waals surface area contributed by atoms with Gasteiger partial charge >= 0.3 is 5.97 Å². The van der Waals surface area contributed by atoms with Crippen LogP contribution in [0.2, 0.25) is 5.02 Å². The predicted octanol–water partition coefficient (Wildman–Crippen LogP) is 2.22. The number of carboxylic acid groups (broad SMARTS) is 1. The van der Waals surface area contributed by atoms with Gasteiger partial charge in [0.05, 0.1) is 10.6 Å². The molecule has 0 unspecified atom stereocenters. The van der Waals surface area contributed by atoms with Crippen molar-refractivity contribution in [2.75, 3.05) is 5.32 Å². The third-order valence-electron chi connectivity index (χ3n) is 2.31. The van der Waals surface area contributed by atoms with Crippen molar-refractivity contribution in [3.63, 3.8) is 0 Å². The first-order chi connectivity index (χ1) is 9.49. The Morgan fingerprint density at radius 1 is 1.25 bits per heavy atom. The molecule has 0 aliphatic heterocycles. The van der Waals surface area contributed by atoms with E-state index in [2.05, 4.69) is 15.3 Å². The lowest BCUT2D eigenvalue weighted by Crippen LogP contribution is -2.17. The summed E-state index contributed by atoms with van der Waals surface area (Å²) in [5.74, 6) is -2.85. The molecule has 0 fully saturated rings. The molecule has 0 saturated heterocycles. The number of amides is 1. The first-order valence-corrected chi connectivity index (χ1v) is 5.67. The van der Waals surface area contributed by atoms with Gasteiger partial charge in [-0.2, -0.15) is 0 Å². The van der Waals surface area contributed by atoms with Crippen molar-refractivity contribution in [3.05, 3.63) is 52.7 Å². The molecule has 0 aliphatic carbocycles. The number of nitrogens with one attached hydrogen (secondary N) is 1. The molecule has 2 rings (SSSR count). The summed E-state index contributed by atoms with van der Waals surface area (Å²) in [5.41, 5.74) is -0.408. The summed E-state index contributed by atoms with van der Waals surface area (Å²) in [6.07, 6.45) is 2.41. The summed E-state index contributed by atoms with van der Waals surface area (Å²) in [5, 5.41) is 11.1. The Bertz CT molecular complexity index is 693. The van der Waals surface area contributed by atoms with E-state index in [0.29, 0.717) is 0 Å². The summed E-state index contributed by atoms with van der Waals surface area (Å²) in [6, 6.07) is 3.23. The number of carbonyl (C=O) groups is 2. The maximum Gasteiger partial charge on any atom is 0.358 e. The van der Waals surface area contributed by atoms with Gasteiger partial charge < -0.3 is 10.4 Å². The smallest absolute Gasteiger partial charge is 0.358 e. The van der Waals surface area contributed by atoms with E-state index in [1.54, 1.807) is 0 Å². The van der Waals surface area contributed by atoms with E-state index in [9.17, 15) is 14.0 Å². The van der Waals surface area contributed by atoms with Gasteiger partial charge in [0, 0.05) is 12.4 Å². The zero-order chi connectivity index (χ0) is 14.7. The molecule has 8 heteroatoms. The van der Waals surface area contributed by atoms with Gasteiger partial charge in [0.1, 0.15) is 5.82 Å². The van der Waals surface area contributed by atoms with Crippen LogP contribution in [0.5, 0.6) is 0 Å². The number of halogens is 2. The summed E-state index contributed by atoms with van der Waals surface area (Å²) in [4.78, 5) is 30.2. The van der Waals surface area contributed by atoms with Gasteiger partial charge in [-0.25, -0.2) is 19.2 Å². The highest BCUT2D eigenvalue weighted by molar-refractivity contribution is 6.34. The molecule has 0 aliphatic rings. The minimum absolute atomic E-state index is 0.00458. The Hall–Kier alpha value is -2.54. The minimum Gasteiger partial charge on any atom is -0.476 e. The van der Waals surface area contributed by atoms with Crippen molar-refractivity contribution in [1.29, 1.82) is 0 Å². The number of aromatic carboxylic acids is 1. The summed E-state index contributed by atoms with van der Waals surface area (Å²) in [7, 11) is 0. The fourth-order valence-electron chi connectivity index (χ4n) is 1.43. The van der Waals surface area contributed by atoms with Crippen LogP contribution in [0.15, 0.2) is 30.6 Å². The lowest BCUT2D eigenvalue weighted by molar-refractivity contribution is 0.0691. The molecule has 6 nitrogen and oxygen atoms in total. The van der Waals surface area contributed by atoms with E-state index in [-0.39, 0.29) is 16.4 Å². The number of nitrogens with zero attached hydrogens (tertiary/aromatic N) is 2. The van der Waals surface area contributed by atoms with Crippen LogP contribution in [0.3, 0.4) is 0 Å². The maximum absolute atomic E-state index is 12.9. The molecule has 0 saturated carbocycles. The van der Waals surface area contributed by atoms with Gasteiger partial charge in [0.15, 0.2) is 11.5 Å². The Kier molecular flexibility index (Phi) is 3.90. The molecular weight excluding hydrogens is 289 g/mol. The largest absolute Gasteiger partial charge is 0.476 e. The van der Waals surface area contributed by atoms with Gasteiger partial charge in [-0.05, 0) is 18.2 Å². The van der Waals surface area contributed by atoms with E-state index in [1.807, 2.05) is 0 Å². The van der Waals surface area contributed by atoms with Gasteiger partial charge in [-0.3, -0.25) is 4.79 Å². The molecule has 1 aromatic heterocycles. The van der Waals surface area contributed by atoms with Gasteiger partial charge in [0.2, 0.25) is 0 Å². The number of rotatable bonds is 3. The first kappa shape index (κ1) is 13.9. The molecule has 102 valence electrons. The fourth-order valence-corrected chi connectivity index (χ4v) is 1.69. The highest BCUT2D eigenvalue weighted by atomic mass is 35.5. The maximum atomic E-state index is 12.9. The molecule has 20 heavy (non-hydrogen) atoms. The van der Waals surface area contributed by atoms with E-state index in [1.165, 1.54) is 18.5 Å². The normalized spacial score (nSPS) is 10.1. The number of carboxylic acids is 1. The number of hydrogen-bond acceptors (Lipinski definition) is 4. The van der Waals surface area contributed by atoms with Gasteiger partial charge in [-0.15, -0.1) is 0 Å². The second kappa shape index (κ2) is 5.62. The SMILES string of the molecule is O=C(Nc1nccnc1C(=O)O)c1ccc(F)cc1Cl. The van der Waals surface area contributed by atoms with Crippen molar-refractivity contribution in [2.24, 2.45) is 0 Å². The van der Waals surface area contributed by atoms with Crippen LogP contribution in [0, 0.1) is 5.82 Å². The van der Waals surface area contributed by atoms with Gasteiger partial charge in [0.25, 0.3) is 5.91 Å². The van der Waals surface area contributed by atoms with E-state index >= 15 is 0 Å². The lowest BCUT2D eigenvalue weighted by atomic mass is 10.2. The Labute approximate surface area is 117 Å². The minimum atomic E-state index is -1.33. The number of anilines is 1. The standard InChI is InChI=1S/C12H7ClFN3O3/c13-8-5-6(14)1-2-7(8)11(18)17-10-9(12(19)20)15-3-4-16-10/h1-5H,(H,19,20)(H,16,17,18). The molecule has 0 atom stereocenters. The molecule has 0 bridgehead atoms. The first-order valence-electron chi connectivity index (χ1n) is 5.29. The van der Waals surface area contributed by atoms with E-state index < -0.39 is 23.4 Å². The summed E-state index contributed by atoms with van der Waals surface area (Å²) < 4.78 is 12.9. The van der Waals surface area contributed by atoms with Gasteiger partial charge in [-0.1, -0.05) is 11.6 Å². The van der Waals surface area contributed by atoms with Crippen molar-refractivity contribution >= 4 is 29.3 Å². The van der Waals surface area contributed by atoms with E-state index in [0.717, 1.165) is 12.1 Å². The zero-order valence-electron chi connectivity index (χ0n) is 9.80. The lowest BCUT2D eigenvalue weighted by Gasteiger charge is -2.07. The molecule has 0 spiro atoms. The Morgan fingerprint density at radius 2 is 1.95 bits per heavy atom. The van der Waals surface area contributed by atoms with Crippen LogP contribution < -0.4 is 5.32 Å². The molecule has 1 amide bonds. The molecule has 2 aromatic rings. The van der Waals surface area contributed by atoms with Crippen molar-refractivity contribution < 1.29 is 19.1 Å². The van der Waals surface area contributed by atoms with Crippen molar-refractivity contribution in [3.8, 4) is 0 Å². The highest BCUT2D eigenvalue weighted by Crippen LogP contribution is 2.19. The average molecular weight is 296 g/mol. The Morgan fingerprint density at radius 3 is 2.60 bits per heavy atom. The predicted molar refractivity (Wildman–Crippen MR) is 68.4 cm³/mol. The topological polar surface area (TPSA) is 92.2 Å². The van der Waals surface area contributed by atoms with Crippen molar-refractivity contribution in [1.82, 2.24) is 9.97 Å².